The van der Waals surface area contributed by atoms with Gasteiger partial charge < -0.3 is 5.32 Å². The molecule has 0 aliphatic rings. The van der Waals surface area contributed by atoms with Crippen LogP contribution in [0.25, 0.3) is 11.0 Å². The number of anilines is 1. The summed E-state index contributed by atoms with van der Waals surface area (Å²) in [6.45, 7) is 0. The topological polar surface area (TPSA) is 54.9 Å². The number of rotatable bonds is 2. The molecule has 4 nitrogen and oxygen atoms in total. The quantitative estimate of drug-likeness (QED) is 0.721. The Kier molecular flexibility index (Phi) is 3.73. The summed E-state index contributed by atoms with van der Waals surface area (Å²) in [5, 5.41) is 4.27. The molecule has 0 saturated carbocycles. The van der Waals surface area contributed by atoms with Crippen molar-refractivity contribution in [2.75, 3.05) is 5.32 Å². The van der Waals surface area contributed by atoms with Crippen LogP contribution >= 0.6 is 23.2 Å². The molecule has 0 atom stereocenters. The van der Waals surface area contributed by atoms with Gasteiger partial charge in [0.2, 0.25) is 0 Å². The maximum absolute atomic E-state index is 12.2. The van der Waals surface area contributed by atoms with Crippen molar-refractivity contribution in [3.63, 3.8) is 0 Å². The van der Waals surface area contributed by atoms with Gasteiger partial charge in [0, 0.05) is 5.39 Å². The second-order valence-corrected chi connectivity index (χ2v) is 5.11. The summed E-state index contributed by atoms with van der Waals surface area (Å²) in [6, 6.07) is 13.8. The molecule has 0 unspecified atom stereocenters. The fourth-order valence-electron chi connectivity index (χ4n) is 1.87. The number of aromatic nitrogens is 2. The van der Waals surface area contributed by atoms with Gasteiger partial charge in [-0.1, -0.05) is 35.3 Å². The van der Waals surface area contributed by atoms with Gasteiger partial charge in [-0.15, -0.1) is 0 Å². The first kappa shape index (κ1) is 13.8. The summed E-state index contributed by atoms with van der Waals surface area (Å²) in [4.78, 5) is 20.5. The smallest absolute Gasteiger partial charge is 0.258 e. The monoisotopic (exact) mass is 317 g/mol. The number of fused-ring (bicyclic) bond motifs is 1. The minimum Gasteiger partial charge on any atom is -0.306 e. The molecule has 0 fully saturated rings. The molecule has 21 heavy (non-hydrogen) atoms. The lowest BCUT2D eigenvalue weighted by Gasteiger charge is -2.06. The van der Waals surface area contributed by atoms with Crippen molar-refractivity contribution in [3.8, 4) is 0 Å². The molecule has 1 aromatic carbocycles. The Balaban J connectivity index is 1.91. The van der Waals surface area contributed by atoms with E-state index in [0.29, 0.717) is 27.2 Å². The van der Waals surface area contributed by atoms with Crippen molar-refractivity contribution in [2.45, 2.75) is 0 Å². The third kappa shape index (κ3) is 2.96. The van der Waals surface area contributed by atoms with Crippen LogP contribution in [0, 0.1) is 0 Å². The highest BCUT2D eigenvalue weighted by Gasteiger charge is 2.10. The number of nitrogens with one attached hydrogen (secondary N) is 1. The van der Waals surface area contributed by atoms with Crippen LogP contribution in [0.3, 0.4) is 0 Å². The highest BCUT2D eigenvalue weighted by atomic mass is 35.5. The minimum atomic E-state index is -0.325. The molecule has 0 bridgehead atoms. The maximum Gasteiger partial charge on any atom is 0.258 e. The molecule has 0 aliphatic carbocycles. The van der Waals surface area contributed by atoms with E-state index < -0.39 is 0 Å². The third-order valence-corrected chi connectivity index (χ3v) is 3.42. The normalized spacial score (nSPS) is 10.6. The van der Waals surface area contributed by atoms with E-state index in [1.54, 1.807) is 36.4 Å². The number of benzene rings is 1. The molecule has 1 N–H and O–H groups in total. The van der Waals surface area contributed by atoms with Crippen molar-refractivity contribution in [1.29, 1.82) is 0 Å². The largest absolute Gasteiger partial charge is 0.306 e. The van der Waals surface area contributed by atoms with Crippen LogP contribution in [-0.4, -0.2) is 15.9 Å². The van der Waals surface area contributed by atoms with Crippen molar-refractivity contribution in [2.24, 2.45) is 0 Å². The molecule has 0 radical (unpaired) electrons. The first-order valence-corrected chi connectivity index (χ1v) is 6.88. The highest BCUT2D eigenvalue weighted by molar-refractivity contribution is 6.34. The highest BCUT2D eigenvalue weighted by Crippen LogP contribution is 2.19. The van der Waals surface area contributed by atoms with Gasteiger partial charge in [-0.2, -0.15) is 0 Å². The summed E-state index contributed by atoms with van der Waals surface area (Å²) >= 11 is 11.8. The van der Waals surface area contributed by atoms with Crippen LogP contribution < -0.4 is 5.32 Å². The van der Waals surface area contributed by atoms with Crippen LogP contribution in [0.4, 0.5) is 5.82 Å². The van der Waals surface area contributed by atoms with Gasteiger partial charge in [0.25, 0.3) is 5.91 Å². The summed E-state index contributed by atoms with van der Waals surface area (Å²) < 4.78 is 0. The molecule has 1 amide bonds. The van der Waals surface area contributed by atoms with E-state index in [9.17, 15) is 4.79 Å². The number of hydrogen-bond acceptors (Lipinski definition) is 3. The molecular weight excluding hydrogens is 309 g/mol. The molecule has 0 saturated heterocycles. The Morgan fingerprint density at radius 1 is 0.952 bits per heavy atom. The lowest BCUT2D eigenvalue weighted by Crippen LogP contribution is -2.13. The molecular formula is C15H9Cl2N3O. The summed E-state index contributed by atoms with van der Waals surface area (Å²) in [5.74, 6) is 0.0664. The maximum atomic E-state index is 12.2. The minimum absolute atomic E-state index is 0.325. The molecule has 2 aromatic heterocycles. The van der Waals surface area contributed by atoms with E-state index in [1.807, 2.05) is 12.1 Å². The van der Waals surface area contributed by atoms with Gasteiger partial charge in [0.05, 0.1) is 10.6 Å². The van der Waals surface area contributed by atoms with Gasteiger partial charge in [0.1, 0.15) is 11.0 Å². The first-order valence-electron chi connectivity index (χ1n) is 6.13. The Morgan fingerprint density at radius 3 is 2.52 bits per heavy atom. The number of amides is 1. The number of halogens is 2. The van der Waals surface area contributed by atoms with Crippen molar-refractivity contribution in [1.82, 2.24) is 9.97 Å². The third-order valence-electron chi connectivity index (χ3n) is 2.88. The molecule has 2 heterocycles. The number of carbonyl (C=O) groups is 1. The molecule has 3 aromatic rings. The first-order chi connectivity index (χ1) is 10.1. The molecule has 3 rings (SSSR count). The van der Waals surface area contributed by atoms with Crippen molar-refractivity contribution < 1.29 is 4.79 Å². The molecule has 6 heteroatoms. The molecule has 0 aliphatic heterocycles. The fraction of sp³-hybridized carbons (Fsp3) is 0. The van der Waals surface area contributed by atoms with Gasteiger partial charge in [-0.25, -0.2) is 9.97 Å². The number of carbonyl (C=O) groups excluding carboxylic acids is 1. The predicted octanol–water partition coefficient (Wildman–Crippen LogP) is 4.19. The van der Waals surface area contributed by atoms with E-state index in [2.05, 4.69) is 15.3 Å². The second kappa shape index (κ2) is 5.68. The lowest BCUT2D eigenvalue weighted by atomic mass is 10.2. The summed E-state index contributed by atoms with van der Waals surface area (Å²) in [5.41, 5.74) is 0.861. The fourth-order valence-corrected chi connectivity index (χ4v) is 2.24. The van der Waals surface area contributed by atoms with Crippen LogP contribution in [-0.2, 0) is 0 Å². The van der Waals surface area contributed by atoms with Crippen molar-refractivity contribution >= 4 is 46.0 Å². The van der Waals surface area contributed by atoms with E-state index in [0.717, 1.165) is 5.39 Å². The summed E-state index contributed by atoms with van der Waals surface area (Å²) in [6.07, 6.45) is 0. The van der Waals surface area contributed by atoms with E-state index in [1.165, 1.54) is 0 Å². The van der Waals surface area contributed by atoms with Gasteiger partial charge in [-0.3, -0.25) is 4.79 Å². The van der Waals surface area contributed by atoms with Gasteiger partial charge in [-0.05, 0) is 36.4 Å². The molecule has 104 valence electrons. The van der Waals surface area contributed by atoms with Crippen LogP contribution in [0.5, 0.6) is 0 Å². The van der Waals surface area contributed by atoms with E-state index in [-0.39, 0.29) is 5.91 Å². The number of hydrogen-bond donors (Lipinski definition) is 1. The SMILES string of the molecule is O=C(Nc1ccc2ccc(Cl)nc2n1)c1ccccc1Cl. The predicted molar refractivity (Wildman–Crippen MR) is 84.0 cm³/mol. The molecule has 0 spiro atoms. The van der Waals surface area contributed by atoms with Crippen LogP contribution in [0.15, 0.2) is 48.5 Å². The standard InChI is InChI=1S/C15H9Cl2N3O/c16-11-4-2-1-3-10(11)15(21)20-13-8-6-9-5-7-12(17)18-14(9)19-13/h1-8H,(H,18,19,20,21). The zero-order valence-electron chi connectivity index (χ0n) is 10.7. The number of pyridine rings is 2. The van der Waals surface area contributed by atoms with Crippen LogP contribution in [0.1, 0.15) is 10.4 Å². The van der Waals surface area contributed by atoms with Crippen molar-refractivity contribution in [3.05, 3.63) is 64.3 Å². The zero-order chi connectivity index (χ0) is 14.8. The van der Waals surface area contributed by atoms with Crippen LogP contribution in [0.2, 0.25) is 10.2 Å². The Morgan fingerprint density at radius 2 is 1.71 bits per heavy atom. The Hall–Kier alpha value is -2.17. The van der Waals surface area contributed by atoms with Gasteiger partial charge >= 0.3 is 0 Å². The average molecular weight is 318 g/mol. The van der Waals surface area contributed by atoms with E-state index >= 15 is 0 Å². The summed E-state index contributed by atoms with van der Waals surface area (Å²) in [7, 11) is 0. The zero-order valence-corrected chi connectivity index (χ0v) is 12.2. The number of nitrogens with zero attached hydrogens (tertiary/aromatic N) is 2. The Labute approximate surface area is 130 Å². The lowest BCUT2D eigenvalue weighted by molar-refractivity contribution is 0.102. The second-order valence-electron chi connectivity index (χ2n) is 4.31. The Bertz CT molecular complexity index is 836. The average Bonchev–Trinajstić information content (AvgIpc) is 2.47. The van der Waals surface area contributed by atoms with Gasteiger partial charge in [0.15, 0.2) is 5.65 Å². The van der Waals surface area contributed by atoms with E-state index in [4.69, 9.17) is 23.2 Å².